The quantitative estimate of drug-likeness (QED) is 0.747. The molecule has 2 rings (SSSR count). The molecule has 0 fully saturated rings. The molecule has 0 unspecified atom stereocenters. The van der Waals surface area contributed by atoms with E-state index in [9.17, 15) is 9.59 Å². The van der Waals surface area contributed by atoms with Crippen molar-refractivity contribution in [2.45, 2.75) is 25.8 Å². The highest BCUT2D eigenvalue weighted by Crippen LogP contribution is 2.32. The van der Waals surface area contributed by atoms with Gasteiger partial charge in [-0.05, 0) is 17.5 Å². The van der Waals surface area contributed by atoms with Gasteiger partial charge in [0.15, 0.2) is 0 Å². The molecular weight excluding hydrogens is 230 g/mol. The Morgan fingerprint density at radius 2 is 2.11 bits per heavy atom. The van der Waals surface area contributed by atoms with Crippen LogP contribution in [0.3, 0.4) is 0 Å². The molecule has 1 aromatic carbocycles. The van der Waals surface area contributed by atoms with Crippen molar-refractivity contribution < 1.29 is 14.3 Å². The van der Waals surface area contributed by atoms with E-state index in [0.717, 1.165) is 12.0 Å². The normalized spacial score (nSPS) is 18.1. The van der Waals surface area contributed by atoms with E-state index >= 15 is 0 Å². The average Bonchev–Trinajstić information content (AvgIpc) is 2.38. The topological polar surface area (TPSA) is 46.6 Å². The Morgan fingerprint density at radius 3 is 2.78 bits per heavy atom. The number of fused-ring (bicyclic) bond motifs is 1. The first-order chi connectivity index (χ1) is 8.63. The van der Waals surface area contributed by atoms with Crippen LogP contribution in [-0.4, -0.2) is 30.4 Å². The van der Waals surface area contributed by atoms with E-state index < -0.39 is 0 Å². The van der Waals surface area contributed by atoms with Crippen molar-refractivity contribution in [3.63, 3.8) is 0 Å². The Morgan fingerprint density at radius 1 is 1.39 bits per heavy atom. The zero-order valence-electron chi connectivity index (χ0n) is 10.7. The summed E-state index contributed by atoms with van der Waals surface area (Å²) in [5.41, 5.74) is 2.27. The number of benzene rings is 1. The third-order valence-corrected chi connectivity index (χ3v) is 3.40. The van der Waals surface area contributed by atoms with Gasteiger partial charge < -0.3 is 9.64 Å². The molecule has 4 heteroatoms. The predicted octanol–water partition coefficient (Wildman–Crippen LogP) is 1.70. The second kappa shape index (κ2) is 5.21. The molecule has 0 aliphatic carbocycles. The molecule has 1 aromatic rings. The molecule has 1 aliphatic rings. The second-order valence-electron chi connectivity index (χ2n) is 4.46. The Labute approximate surface area is 107 Å². The van der Waals surface area contributed by atoms with Gasteiger partial charge in [0.25, 0.3) is 0 Å². The third kappa shape index (κ3) is 2.37. The highest BCUT2D eigenvalue weighted by molar-refractivity contribution is 5.76. The first-order valence-corrected chi connectivity index (χ1v) is 6.05. The van der Waals surface area contributed by atoms with Gasteiger partial charge in [-0.15, -0.1) is 0 Å². The van der Waals surface area contributed by atoms with Crippen LogP contribution in [0, 0.1) is 0 Å². The maximum atomic E-state index is 11.7. The number of rotatable bonds is 2. The summed E-state index contributed by atoms with van der Waals surface area (Å²) in [6.45, 7) is 2.20. The highest BCUT2D eigenvalue weighted by Gasteiger charge is 2.30. The number of carbonyl (C=O) groups is 2. The summed E-state index contributed by atoms with van der Waals surface area (Å²) < 4.78 is 4.72. The molecule has 0 saturated heterocycles. The van der Waals surface area contributed by atoms with Crippen molar-refractivity contribution >= 4 is 11.9 Å². The molecule has 18 heavy (non-hydrogen) atoms. The minimum absolute atomic E-state index is 0.00148. The lowest BCUT2D eigenvalue weighted by Crippen LogP contribution is -2.39. The summed E-state index contributed by atoms with van der Waals surface area (Å²) >= 11 is 0. The van der Waals surface area contributed by atoms with E-state index in [1.807, 2.05) is 18.2 Å². The summed E-state index contributed by atoms with van der Waals surface area (Å²) in [6, 6.07) is 7.76. The number of nitrogens with zero attached hydrogens (tertiary/aromatic N) is 1. The average molecular weight is 247 g/mol. The fourth-order valence-electron chi connectivity index (χ4n) is 2.49. The van der Waals surface area contributed by atoms with Crippen molar-refractivity contribution in [3.8, 4) is 0 Å². The Balaban J connectivity index is 2.34. The van der Waals surface area contributed by atoms with Crippen LogP contribution >= 0.6 is 0 Å². The molecule has 0 saturated carbocycles. The van der Waals surface area contributed by atoms with Gasteiger partial charge in [0.05, 0.1) is 19.6 Å². The van der Waals surface area contributed by atoms with Crippen LogP contribution in [0.1, 0.15) is 30.5 Å². The number of amides is 1. The molecule has 0 radical (unpaired) electrons. The summed E-state index contributed by atoms with van der Waals surface area (Å²) in [4.78, 5) is 24.9. The van der Waals surface area contributed by atoms with E-state index in [1.54, 1.807) is 4.90 Å². The number of carbonyl (C=O) groups excluding carboxylic acids is 2. The van der Waals surface area contributed by atoms with Gasteiger partial charge in [0, 0.05) is 13.5 Å². The number of esters is 1. The second-order valence-corrected chi connectivity index (χ2v) is 4.46. The lowest BCUT2D eigenvalue weighted by Gasteiger charge is -2.36. The van der Waals surface area contributed by atoms with Gasteiger partial charge in [-0.3, -0.25) is 9.59 Å². The fraction of sp³-hybridized carbons (Fsp3) is 0.429. The summed E-state index contributed by atoms with van der Waals surface area (Å²) in [7, 11) is 1.37. The monoisotopic (exact) mass is 247 g/mol. The molecule has 1 heterocycles. The van der Waals surface area contributed by atoms with Crippen molar-refractivity contribution in [2.24, 2.45) is 0 Å². The van der Waals surface area contributed by atoms with E-state index in [1.165, 1.54) is 19.6 Å². The summed E-state index contributed by atoms with van der Waals surface area (Å²) in [5.74, 6) is -0.290. The lowest BCUT2D eigenvalue weighted by molar-refractivity contribution is -0.143. The predicted molar refractivity (Wildman–Crippen MR) is 66.9 cm³/mol. The summed E-state index contributed by atoms with van der Waals surface area (Å²) in [5, 5.41) is 0. The number of hydrogen-bond donors (Lipinski definition) is 0. The van der Waals surface area contributed by atoms with Crippen LogP contribution < -0.4 is 0 Å². The van der Waals surface area contributed by atoms with Crippen molar-refractivity contribution in [3.05, 3.63) is 35.4 Å². The molecule has 96 valence electrons. The maximum absolute atomic E-state index is 11.7. The first-order valence-electron chi connectivity index (χ1n) is 6.05. The molecule has 1 amide bonds. The van der Waals surface area contributed by atoms with Gasteiger partial charge in [-0.2, -0.15) is 0 Å². The van der Waals surface area contributed by atoms with Gasteiger partial charge in [0.1, 0.15) is 0 Å². The zero-order chi connectivity index (χ0) is 13.1. The first kappa shape index (κ1) is 12.6. The van der Waals surface area contributed by atoms with Crippen molar-refractivity contribution in [2.75, 3.05) is 13.7 Å². The minimum Gasteiger partial charge on any atom is -0.469 e. The van der Waals surface area contributed by atoms with Crippen molar-refractivity contribution in [1.29, 1.82) is 0 Å². The maximum Gasteiger partial charge on any atom is 0.307 e. The smallest absolute Gasteiger partial charge is 0.307 e. The third-order valence-electron chi connectivity index (χ3n) is 3.40. The Kier molecular flexibility index (Phi) is 3.65. The van der Waals surface area contributed by atoms with Gasteiger partial charge in [-0.25, -0.2) is 0 Å². The van der Waals surface area contributed by atoms with Gasteiger partial charge >= 0.3 is 5.97 Å². The molecule has 4 nitrogen and oxygen atoms in total. The van der Waals surface area contributed by atoms with Crippen LogP contribution in [0.4, 0.5) is 0 Å². The van der Waals surface area contributed by atoms with Gasteiger partial charge in [-0.1, -0.05) is 24.3 Å². The number of hydrogen-bond acceptors (Lipinski definition) is 3. The standard InChI is InChI=1S/C14H17NO3/c1-10(16)15-8-7-11-5-3-4-6-12(11)13(15)9-14(17)18-2/h3-6,13H,7-9H2,1-2H3/t13-/m1/s1. The zero-order valence-corrected chi connectivity index (χ0v) is 10.7. The SMILES string of the molecule is COC(=O)C[C@@H]1c2ccccc2CCN1C(C)=O. The van der Waals surface area contributed by atoms with E-state index in [-0.39, 0.29) is 24.3 Å². The molecule has 1 atom stereocenters. The van der Waals surface area contributed by atoms with E-state index in [2.05, 4.69) is 6.07 Å². The molecule has 0 spiro atoms. The van der Waals surface area contributed by atoms with Crippen LogP contribution in [-0.2, 0) is 20.7 Å². The summed E-state index contributed by atoms with van der Waals surface area (Å²) in [6.07, 6.45) is 1.06. The largest absolute Gasteiger partial charge is 0.469 e. The minimum atomic E-state index is -0.289. The van der Waals surface area contributed by atoms with Crippen LogP contribution in [0.25, 0.3) is 0 Å². The highest BCUT2D eigenvalue weighted by atomic mass is 16.5. The molecule has 0 aromatic heterocycles. The molecule has 1 aliphatic heterocycles. The lowest BCUT2D eigenvalue weighted by atomic mass is 9.90. The molecule has 0 N–H and O–H groups in total. The van der Waals surface area contributed by atoms with Crippen LogP contribution in [0.5, 0.6) is 0 Å². The van der Waals surface area contributed by atoms with E-state index in [4.69, 9.17) is 4.74 Å². The Hall–Kier alpha value is -1.84. The van der Waals surface area contributed by atoms with Crippen LogP contribution in [0.2, 0.25) is 0 Å². The fourth-order valence-corrected chi connectivity index (χ4v) is 2.49. The molecular formula is C14H17NO3. The van der Waals surface area contributed by atoms with E-state index in [0.29, 0.717) is 6.54 Å². The van der Waals surface area contributed by atoms with Crippen LogP contribution in [0.15, 0.2) is 24.3 Å². The van der Waals surface area contributed by atoms with Gasteiger partial charge in [0.2, 0.25) is 5.91 Å². The number of ether oxygens (including phenoxy) is 1. The van der Waals surface area contributed by atoms with Crippen molar-refractivity contribution in [1.82, 2.24) is 4.90 Å². The number of methoxy groups -OCH3 is 1. The Bertz CT molecular complexity index is 470. The molecule has 0 bridgehead atoms.